The Labute approximate surface area is 160 Å². The summed E-state index contributed by atoms with van der Waals surface area (Å²) in [6.07, 6.45) is -1.38. The van der Waals surface area contributed by atoms with Gasteiger partial charge in [0.15, 0.2) is 0 Å². The molecule has 3 aromatic carbocycles. The van der Waals surface area contributed by atoms with Crippen molar-refractivity contribution < 1.29 is 23.1 Å². The van der Waals surface area contributed by atoms with Gasteiger partial charge in [0, 0.05) is 11.3 Å². The van der Waals surface area contributed by atoms with E-state index >= 15 is 0 Å². The lowest BCUT2D eigenvalue weighted by molar-refractivity contribution is -0.125. The fraction of sp³-hybridized carbons (Fsp3) is 0.0909. The van der Waals surface area contributed by atoms with Gasteiger partial charge in [-0.2, -0.15) is 0 Å². The van der Waals surface area contributed by atoms with Crippen LogP contribution >= 0.6 is 0 Å². The van der Waals surface area contributed by atoms with Crippen LogP contribution in [0.25, 0.3) is 0 Å². The summed E-state index contributed by atoms with van der Waals surface area (Å²) in [5.41, 5.74) is 1.05. The van der Waals surface area contributed by atoms with Crippen LogP contribution in [0.4, 0.5) is 14.5 Å². The molecule has 0 bridgehead atoms. The van der Waals surface area contributed by atoms with Gasteiger partial charge in [-0.25, -0.2) is 13.6 Å². The summed E-state index contributed by atoms with van der Waals surface area (Å²) < 4.78 is 33.0. The number of amides is 1. The van der Waals surface area contributed by atoms with Crippen LogP contribution in [0.2, 0.25) is 0 Å². The molecule has 6 heteroatoms. The van der Waals surface area contributed by atoms with Gasteiger partial charge in [0.25, 0.3) is 5.91 Å². The second kappa shape index (κ2) is 8.43. The van der Waals surface area contributed by atoms with Crippen LogP contribution in [0.3, 0.4) is 0 Å². The highest BCUT2D eigenvalue weighted by atomic mass is 19.1. The number of hydrogen-bond acceptors (Lipinski definition) is 3. The van der Waals surface area contributed by atoms with Gasteiger partial charge in [0.05, 0.1) is 0 Å². The molecule has 1 N–H and O–H groups in total. The number of anilines is 1. The van der Waals surface area contributed by atoms with Crippen LogP contribution in [0.15, 0.2) is 72.8 Å². The minimum absolute atomic E-state index is 0.372. The molecule has 0 unspecified atom stereocenters. The average Bonchev–Trinajstić information content (AvgIpc) is 2.68. The topological polar surface area (TPSA) is 55.4 Å². The van der Waals surface area contributed by atoms with Gasteiger partial charge in [-0.3, -0.25) is 4.79 Å². The van der Waals surface area contributed by atoms with Gasteiger partial charge in [0.1, 0.15) is 17.2 Å². The van der Waals surface area contributed by atoms with Gasteiger partial charge in [0.2, 0.25) is 6.10 Å². The Morgan fingerprint density at radius 2 is 1.46 bits per heavy atom. The van der Waals surface area contributed by atoms with Crippen LogP contribution in [-0.4, -0.2) is 11.9 Å². The van der Waals surface area contributed by atoms with E-state index in [0.717, 1.165) is 23.8 Å². The van der Waals surface area contributed by atoms with E-state index in [9.17, 15) is 18.4 Å². The van der Waals surface area contributed by atoms with Crippen LogP contribution < -0.4 is 5.32 Å². The molecule has 3 rings (SSSR count). The molecule has 28 heavy (non-hydrogen) atoms. The molecule has 0 saturated heterocycles. The predicted octanol–water partition coefficient (Wildman–Crippen LogP) is 4.81. The third kappa shape index (κ3) is 4.40. The third-order valence-corrected chi connectivity index (χ3v) is 4.05. The Morgan fingerprint density at radius 1 is 0.857 bits per heavy atom. The molecule has 0 heterocycles. The molecular weight excluding hydrogens is 364 g/mol. The van der Waals surface area contributed by atoms with Crippen LogP contribution in [0, 0.1) is 18.6 Å². The molecule has 0 aliphatic carbocycles. The number of carbonyl (C=O) groups excluding carboxylic acids is 2. The first-order chi connectivity index (χ1) is 13.5. The van der Waals surface area contributed by atoms with Gasteiger partial charge in [-0.15, -0.1) is 0 Å². The number of ether oxygens (including phenoxy) is 1. The molecule has 142 valence electrons. The van der Waals surface area contributed by atoms with E-state index in [1.54, 1.807) is 42.5 Å². The Hall–Kier alpha value is -3.54. The maximum Gasteiger partial charge on any atom is 0.345 e. The molecule has 0 aliphatic heterocycles. The zero-order valence-corrected chi connectivity index (χ0v) is 15.0. The number of benzene rings is 3. The lowest BCUT2D eigenvalue weighted by Crippen LogP contribution is -2.26. The molecule has 0 saturated carbocycles. The molecule has 1 atom stereocenters. The fourth-order valence-electron chi connectivity index (χ4n) is 2.60. The van der Waals surface area contributed by atoms with Crippen molar-refractivity contribution in [2.45, 2.75) is 13.0 Å². The predicted molar refractivity (Wildman–Crippen MR) is 101 cm³/mol. The van der Waals surface area contributed by atoms with Crippen LogP contribution in [-0.2, 0) is 9.53 Å². The number of esters is 1. The fourth-order valence-corrected chi connectivity index (χ4v) is 2.60. The molecule has 4 nitrogen and oxygen atoms in total. The largest absolute Gasteiger partial charge is 0.444 e. The second-order valence-electron chi connectivity index (χ2n) is 6.15. The molecule has 0 spiro atoms. The highest BCUT2D eigenvalue weighted by Crippen LogP contribution is 2.23. The highest BCUT2D eigenvalue weighted by molar-refractivity contribution is 5.98. The first-order valence-corrected chi connectivity index (χ1v) is 8.53. The Balaban J connectivity index is 1.88. The summed E-state index contributed by atoms with van der Waals surface area (Å²) in [4.78, 5) is 25.1. The van der Waals surface area contributed by atoms with Crippen molar-refractivity contribution in [2.75, 3.05) is 5.32 Å². The van der Waals surface area contributed by atoms with Crippen molar-refractivity contribution >= 4 is 17.6 Å². The van der Waals surface area contributed by atoms with E-state index in [4.69, 9.17) is 4.74 Å². The van der Waals surface area contributed by atoms with E-state index in [0.29, 0.717) is 11.3 Å². The zero-order chi connectivity index (χ0) is 20.1. The first kappa shape index (κ1) is 19.2. The minimum atomic E-state index is -1.38. The maximum absolute atomic E-state index is 13.9. The van der Waals surface area contributed by atoms with Gasteiger partial charge >= 0.3 is 5.97 Å². The highest BCUT2D eigenvalue weighted by Gasteiger charge is 2.28. The quantitative estimate of drug-likeness (QED) is 0.646. The van der Waals surface area contributed by atoms with Crippen molar-refractivity contribution in [1.29, 1.82) is 0 Å². The summed E-state index contributed by atoms with van der Waals surface area (Å²) in [6, 6.07) is 18.3. The van der Waals surface area contributed by atoms with E-state index < -0.39 is 35.2 Å². The molecule has 3 aromatic rings. The standard InChI is InChI=1S/C22H17F2NO3/c1-14-10-12-16(13-11-14)25-21(26)20(15-6-3-2-4-7-15)28-22(27)19-17(23)8-5-9-18(19)24/h2-13,20H,1H3,(H,25,26)/t20-/m0/s1. The van der Waals surface area contributed by atoms with Crippen molar-refractivity contribution in [2.24, 2.45) is 0 Å². The minimum Gasteiger partial charge on any atom is -0.444 e. The number of aryl methyl sites for hydroxylation is 1. The van der Waals surface area contributed by atoms with Gasteiger partial charge in [-0.1, -0.05) is 54.1 Å². The Kier molecular flexibility index (Phi) is 5.79. The third-order valence-electron chi connectivity index (χ3n) is 4.05. The molecule has 1 amide bonds. The van der Waals surface area contributed by atoms with E-state index in [1.165, 1.54) is 0 Å². The SMILES string of the molecule is Cc1ccc(NC(=O)[C@@H](OC(=O)c2c(F)cccc2F)c2ccccc2)cc1. The van der Waals surface area contributed by atoms with Crippen LogP contribution in [0.5, 0.6) is 0 Å². The molecule has 0 radical (unpaired) electrons. The number of hydrogen-bond donors (Lipinski definition) is 1. The normalized spacial score (nSPS) is 11.5. The van der Waals surface area contributed by atoms with Crippen molar-refractivity contribution in [3.63, 3.8) is 0 Å². The van der Waals surface area contributed by atoms with E-state index in [1.807, 2.05) is 19.1 Å². The van der Waals surface area contributed by atoms with Crippen molar-refractivity contribution in [3.8, 4) is 0 Å². The number of halogens is 2. The second-order valence-corrected chi connectivity index (χ2v) is 6.15. The van der Waals surface area contributed by atoms with Crippen LogP contribution in [0.1, 0.15) is 27.6 Å². The smallest absolute Gasteiger partial charge is 0.345 e. The zero-order valence-electron chi connectivity index (χ0n) is 15.0. The molecule has 0 fully saturated rings. The summed E-state index contributed by atoms with van der Waals surface area (Å²) in [7, 11) is 0. The van der Waals surface area contributed by atoms with Gasteiger partial charge in [-0.05, 0) is 31.2 Å². The van der Waals surface area contributed by atoms with Crippen molar-refractivity contribution in [1.82, 2.24) is 0 Å². The van der Waals surface area contributed by atoms with E-state index in [2.05, 4.69) is 5.32 Å². The monoisotopic (exact) mass is 381 g/mol. The molecular formula is C22H17F2NO3. The Bertz CT molecular complexity index is 968. The number of rotatable bonds is 5. The number of carbonyl (C=O) groups is 2. The average molecular weight is 381 g/mol. The van der Waals surface area contributed by atoms with E-state index in [-0.39, 0.29) is 0 Å². The molecule has 0 aromatic heterocycles. The van der Waals surface area contributed by atoms with Gasteiger partial charge < -0.3 is 10.1 Å². The summed E-state index contributed by atoms with van der Waals surface area (Å²) in [5, 5.41) is 2.65. The lowest BCUT2D eigenvalue weighted by atomic mass is 10.1. The lowest BCUT2D eigenvalue weighted by Gasteiger charge is -2.18. The summed E-state index contributed by atoms with van der Waals surface area (Å²) in [6.45, 7) is 1.91. The summed E-state index contributed by atoms with van der Waals surface area (Å²) >= 11 is 0. The Morgan fingerprint density at radius 3 is 2.07 bits per heavy atom. The summed E-state index contributed by atoms with van der Waals surface area (Å²) in [5.74, 6) is -4.02. The molecule has 0 aliphatic rings. The van der Waals surface area contributed by atoms with Crippen molar-refractivity contribution in [3.05, 3.63) is 101 Å². The number of nitrogens with one attached hydrogen (secondary N) is 1. The maximum atomic E-state index is 13.9. The first-order valence-electron chi connectivity index (χ1n) is 8.53.